The molecule has 5 heterocycles. The Morgan fingerprint density at radius 2 is 1.38 bits per heavy atom. The molecule has 3 aromatic carbocycles. The first-order valence-electron chi connectivity index (χ1n) is 17.2. The number of ether oxygens (including phenoxy) is 1. The maximum absolute atomic E-state index is 6.61. The van der Waals surface area contributed by atoms with Crippen molar-refractivity contribution < 1.29 is 4.74 Å². The Balaban J connectivity index is 1.14. The highest BCUT2D eigenvalue weighted by atomic mass is 16.5. The lowest BCUT2D eigenvalue weighted by Crippen LogP contribution is -2.25. The van der Waals surface area contributed by atoms with Gasteiger partial charge >= 0.3 is 0 Å². The van der Waals surface area contributed by atoms with Gasteiger partial charge < -0.3 is 14.5 Å². The summed E-state index contributed by atoms with van der Waals surface area (Å²) < 4.78 is 8.85. The lowest BCUT2D eigenvalue weighted by molar-refractivity contribution is 0.483. The summed E-state index contributed by atoms with van der Waals surface area (Å²) in [5.74, 6) is 4.23. The van der Waals surface area contributed by atoms with Crippen molar-refractivity contribution in [2.24, 2.45) is 0 Å². The molecule has 250 valence electrons. The molecular weight excluding hydrogens is 617 g/mol. The van der Waals surface area contributed by atoms with Crippen molar-refractivity contribution in [2.75, 3.05) is 16.5 Å². The Bertz CT molecular complexity index is 2400. The van der Waals surface area contributed by atoms with Crippen LogP contribution in [-0.2, 0) is 10.8 Å². The molecule has 0 aliphatic carbocycles. The number of aromatic nitrogens is 4. The van der Waals surface area contributed by atoms with Crippen LogP contribution >= 0.6 is 0 Å². The summed E-state index contributed by atoms with van der Waals surface area (Å²) >= 11 is 0. The minimum Gasteiger partial charge on any atom is -0.457 e. The number of pyridine rings is 3. The van der Waals surface area contributed by atoms with Gasteiger partial charge in [0.1, 0.15) is 29.8 Å². The van der Waals surface area contributed by atoms with Crippen LogP contribution in [0.15, 0.2) is 116 Å². The number of hydrogen-bond acceptors (Lipinski definition) is 6. The summed E-state index contributed by atoms with van der Waals surface area (Å²) in [6, 6.07) is 33.7. The Morgan fingerprint density at radius 1 is 0.600 bits per heavy atom. The Morgan fingerprint density at radius 3 is 2.18 bits per heavy atom. The maximum atomic E-state index is 6.61. The molecule has 1 aliphatic rings. The standard InChI is InChI=1S/C43H42N6O/c1-28-22-30(43(5,6)7)26-46-40(28)48-27-47(41-37(48)16-11-20-45-41)31-12-10-13-32(24-31)50-33-17-18-35-34-14-8-9-15-36(34)49(38(35)25-33)39-23-29(19-21-44-39)42(2,3)4/h8-26H,27H2,1-7H3. The third-order valence-corrected chi connectivity index (χ3v) is 9.62. The number of hydrogen-bond donors (Lipinski definition) is 0. The monoisotopic (exact) mass is 658 g/mol. The molecule has 50 heavy (non-hydrogen) atoms. The smallest absolute Gasteiger partial charge is 0.158 e. The van der Waals surface area contributed by atoms with E-state index in [0.29, 0.717) is 6.67 Å². The molecule has 1 aliphatic heterocycles. The molecule has 0 spiro atoms. The predicted octanol–water partition coefficient (Wildman–Crippen LogP) is 10.9. The first-order valence-corrected chi connectivity index (χ1v) is 17.2. The quantitative estimate of drug-likeness (QED) is 0.183. The second-order valence-corrected chi connectivity index (χ2v) is 15.2. The summed E-state index contributed by atoms with van der Waals surface area (Å²) in [6.07, 6.45) is 5.76. The largest absolute Gasteiger partial charge is 0.457 e. The molecule has 0 amide bonds. The first-order chi connectivity index (χ1) is 24.0. The molecule has 0 saturated heterocycles. The van der Waals surface area contributed by atoms with E-state index in [1.165, 1.54) is 16.5 Å². The van der Waals surface area contributed by atoms with Gasteiger partial charge in [-0.15, -0.1) is 0 Å². The zero-order valence-electron chi connectivity index (χ0n) is 29.8. The number of anilines is 4. The van der Waals surface area contributed by atoms with Crippen LogP contribution < -0.4 is 14.5 Å². The molecular formula is C43H42N6O. The van der Waals surface area contributed by atoms with E-state index >= 15 is 0 Å². The second-order valence-electron chi connectivity index (χ2n) is 15.2. The van der Waals surface area contributed by atoms with Crippen molar-refractivity contribution in [3.8, 4) is 17.3 Å². The number of fused-ring (bicyclic) bond motifs is 4. The Hall–Kier alpha value is -5.69. The summed E-state index contributed by atoms with van der Waals surface area (Å²) in [5, 5.41) is 2.34. The fourth-order valence-electron chi connectivity index (χ4n) is 6.86. The predicted molar refractivity (Wildman–Crippen MR) is 205 cm³/mol. The molecule has 0 saturated carbocycles. The Kier molecular flexibility index (Phi) is 7.40. The van der Waals surface area contributed by atoms with Gasteiger partial charge in [-0.1, -0.05) is 71.9 Å². The van der Waals surface area contributed by atoms with Gasteiger partial charge in [-0.25, -0.2) is 15.0 Å². The second kappa shape index (κ2) is 11.7. The SMILES string of the molecule is Cc1cc(C(C)(C)C)cnc1N1CN(c2cccc(Oc3ccc4c5ccccc5n(-c5cc(C(C)(C)C)ccn5)c4c3)c2)c2ncccc21. The highest BCUT2D eigenvalue weighted by molar-refractivity contribution is 6.09. The van der Waals surface area contributed by atoms with E-state index in [1.807, 2.05) is 36.8 Å². The number of benzene rings is 3. The minimum atomic E-state index is 0.00433. The normalized spacial score (nSPS) is 13.3. The molecule has 0 N–H and O–H groups in total. The van der Waals surface area contributed by atoms with Crippen molar-refractivity contribution in [3.05, 3.63) is 132 Å². The van der Waals surface area contributed by atoms with Crippen molar-refractivity contribution in [1.82, 2.24) is 19.5 Å². The topological polar surface area (TPSA) is 59.3 Å². The van der Waals surface area contributed by atoms with E-state index in [1.54, 1.807) is 0 Å². The van der Waals surface area contributed by atoms with Gasteiger partial charge in [-0.2, -0.15) is 0 Å². The molecule has 0 unspecified atom stereocenters. The molecule has 0 radical (unpaired) electrons. The average molecular weight is 659 g/mol. The maximum Gasteiger partial charge on any atom is 0.158 e. The van der Waals surface area contributed by atoms with E-state index < -0.39 is 0 Å². The van der Waals surface area contributed by atoms with Crippen molar-refractivity contribution in [1.29, 1.82) is 0 Å². The van der Waals surface area contributed by atoms with Crippen LogP contribution in [0.25, 0.3) is 27.6 Å². The molecule has 8 rings (SSSR count). The van der Waals surface area contributed by atoms with E-state index in [4.69, 9.17) is 19.7 Å². The highest BCUT2D eigenvalue weighted by Crippen LogP contribution is 2.44. The molecule has 0 atom stereocenters. The highest BCUT2D eigenvalue weighted by Gasteiger charge is 2.31. The van der Waals surface area contributed by atoms with Gasteiger partial charge in [0.15, 0.2) is 5.82 Å². The van der Waals surface area contributed by atoms with E-state index in [0.717, 1.165) is 62.3 Å². The lowest BCUT2D eigenvalue weighted by Gasteiger charge is -2.24. The van der Waals surface area contributed by atoms with E-state index in [-0.39, 0.29) is 10.8 Å². The molecule has 0 fully saturated rings. The molecule has 7 heteroatoms. The van der Waals surface area contributed by atoms with Gasteiger partial charge in [-0.05, 0) is 89.0 Å². The fraction of sp³-hybridized carbons (Fsp3) is 0.233. The number of nitrogens with zero attached hydrogens (tertiary/aromatic N) is 6. The fourth-order valence-corrected chi connectivity index (χ4v) is 6.86. The van der Waals surface area contributed by atoms with Crippen molar-refractivity contribution in [3.63, 3.8) is 0 Å². The summed E-state index contributed by atoms with van der Waals surface area (Å²) in [6.45, 7) is 16.1. The van der Waals surface area contributed by atoms with Crippen molar-refractivity contribution in [2.45, 2.75) is 59.3 Å². The van der Waals surface area contributed by atoms with Gasteiger partial charge in [0, 0.05) is 47.2 Å². The summed E-state index contributed by atoms with van der Waals surface area (Å²) in [4.78, 5) is 19.1. The number of para-hydroxylation sites is 1. The van der Waals surface area contributed by atoms with Crippen molar-refractivity contribution >= 4 is 44.8 Å². The summed E-state index contributed by atoms with van der Waals surface area (Å²) in [5.41, 5.74) is 7.82. The third-order valence-electron chi connectivity index (χ3n) is 9.62. The van der Waals surface area contributed by atoms with Crippen LogP contribution in [0, 0.1) is 6.92 Å². The van der Waals surface area contributed by atoms with E-state index in [2.05, 4.69) is 142 Å². The third kappa shape index (κ3) is 5.53. The van der Waals surface area contributed by atoms with Crippen LogP contribution in [0.3, 0.4) is 0 Å². The van der Waals surface area contributed by atoms with Gasteiger partial charge in [-0.3, -0.25) is 4.57 Å². The van der Waals surface area contributed by atoms with Gasteiger partial charge in [0.05, 0.1) is 16.7 Å². The van der Waals surface area contributed by atoms with E-state index in [9.17, 15) is 0 Å². The lowest BCUT2D eigenvalue weighted by atomic mass is 9.87. The van der Waals surface area contributed by atoms with Gasteiger partial charge in [0.25, 0.3) is 0 Å². The molecule has 7 aromatic rings. The minimum absolute atomic E-state index is 0.00433. The first kappa shape index (κ1) is 31.6. The molecule has 7 nitrogen and oxygen atoms in total. The molecule has 4 aromatic heterocycles. The zero-order chi connectivity index (χ0) is 34.8. The van der Waals surface area contributed by atoms with Crippen LogP contribution in [0.5, 0.6) is 11.5 Å². The van der Waals surface area contributed by atoms with Gasteiger partial charge in [0.2, 0.25) is 0 Å². The summed E-state index contributed by atoms with van der Waals surface area (Å²) in [7, 11) is 0. The van der Waals surface area contributed by atoms with Crippen LogP contribution in [0.1, 0.15) is 58.2 Å². The zero-order valence-corrected chi connectivity index (χ0v) is 29.8. The van der Waals surface area contributed by atoms with Crippen LogP contribution in [0.2, 0.25) is 0 Å². The number of aryl methyl sites for hydroxylation is 1. The average Bonchev–Trinajstić information content (AvgIpc) is 3.64. The Labute approximate surface area is 293 Å². The number of rotatable bonds is 5. The van der Waals surface area contributed by atoms with Crippen LogP contribution in [0.4, 0.5) is 23.0 Å². The molecule has 0 bridgehead atoms. The van der Waals surface area contributed by atoms with Crippen LogP contribution in [-0.4, -0.2) is 26.2 Å².